The smallest absolute Gasteiger partial charge is 0.120 e. The summed E-state index contributed by atoms with van der Waals surface area (Å²) in [7, 11) is 0. The van der Waals surface area contributed by atoms with Crippen molar-refractivity contribution in [2.75, 3.05) is 0 Å². The van der Waals surface area contributed by atoms with Gasteiger partial charge in [0.25, 0.3) is 0 Å². The van der Waals surface area contributed by atoms with E-state index in [4.69, 9.17) is 6.42 Å². The van der Waals surface area contributed by atoms with Gasteiger partial charge in [-0.1, -0.05) is 37.5 Å². The third-order valence-corrected chi connectivity index (χ3v) is 2.31. The molecule has 2 heteroatoms. The molecular weight excluding hydrogens is 186 g/mol. The Morgan fingerprint density at radius 3 is 2.80 bits per heavy atom. The van der Waals surface area contributed by atoms with Crippen LogP contribution < -0.4 is 5.32 Å². The predicted octanol–water partition coefficient (Wildman–Crippen LogP) is 2.28. The van der Waals surface area contributed by atoms with Crippen LogP contribution in [0.2, 0.25) is 0 Å². The summed E-state index contributed by atoms with van der Waals surface area (Å²) in [6.45, 7) is 2.72. The van der Waals surface area contributed by atoms with Crippen molar-refractivity contribution in [3.8, 4) is 18.1 Å². The Bertz CT molecular complexity index is 341. The molecule has 0 spiro atoms. The fraction of sp³-hybridized carbons (Fsp3) is 0.385. The van der Waals surface area contributed by atoms with E-state index in [1.165, 1.54) is 0 Å². The van der Waals surface area contributed by atoms with Crippen molar-refractivity contribution in [1.29, 1.82) is 0 Å². The molecule has 0 radical (unpaired) electrons. The van der Waals surface area contributed by atoms with Crippen molar-refractivity contribution in [2.45, 2.75) is 32.4 Å². The minimum atomic E-state index is 0.0922. The molecule has 0 bridgehead atoms. The number of para-hydroxylation sites is 1. The topological polar surface area (TPSA) is 32.3 Å². The lowest BCUT2D eigenvalue weighted by Gasteiger charge is -2.12. The lowest BCUT2D eigenvalue weighted by atomic mass is 10.1. The Kier molecular flexibility index (Phi) is 4.73. The second-order valence-corrected chi connectivity index (χ2v) is 3.52. The van der Waals surface area contributed by atoms with E-state index in [2.05, 4.69) is 18.2 Å². The summed E-state index contributed by atoms with van der Waals surface area (Å²) in [6.07, 6.45) is 7.41. The van der Waals surface area contributed by atoms with Gasteiger partial charge in [0.05, 0.1) is 6.04 Å². The summed E-state index contributed by atoms with van der Waals surface area (Å²) in [5.41, 5.74) is 0.883. The zero-order chi connectivity index (χ0) is 11.1. The molecule has 80 valence electrons. The van der Waals surface area contributed by atoms with E-state index in [1.54, 1.807) is 6.07 Å². The molecule has 2 nitrogen and oxygen atoms in total. The molecule has 0 aliphatic heterocycles. The highest BCUT2D eigenvalue weighted by molar-refractivity contribution is 5.31. The third-order valence-electron chi connectivity index (χ3n) is 2.31. The van der Waals surface area contributed by atoms with Crippen LogP contribution in [0.3, 0.4) is 0 Å². The number of terminal acetylenes is 1. The van der Waals surface area contributed by atoms with E-state index < -0.39 is 0 Å². The molecular formula is C13H17NO. The van der Waals surface area contributed by atoms with Crippen LogP contribution in [0.15, 0.2) is 24.3 Å². The molecule has 0 saturated carbocycles. The summed E-state index contributed by atoms with van der Waals surface area (Å²) in [6, 6.07) is 7.38. The van der Waals surface area contributed by atoms with Gasteiger partial charge in [-0.2, -0.15) is 0 Å². The van der Waals surface area contributed by atoms with Gasteiger partial charge in [-0.05, 0) is 12.5 Å². The third kappa shape index (κ3) is 3.65. The van der Waals surface area contributed by atoms with Crippen molar-refractivity contribution in [3.63, 3.8) is 0 Å². The molecule has 0 fully saturated rings. The summed E-state index contributed by atoms with van der Waals surface area (Å²) < 4.78 is 0. The number of hydrogen-bond donors (Lipinski definition) is 2. The number of benzene rings is 1. The minimum Gasteiger partial charge on any atom is -0.508 e. The van der Waals surface area contributed by atoms with Gasteiger partial charge in [0.2, 0.25) is 0 Å². The van der Waals surface area contributed by atoms with Gasteiger partial charge in [-0.3, -0.25) is 5.32 Å². The first-order valence-electron chi connectivity index (χ1n) is 5.24. The van der Waals surface area contributed by atoms with Crippen LogP contribution in [-0.4, -0.2) is 11.1 Å². The number of aromatic hydroxyl groups is 1. The van der Waals surface area contributed by atoms with Crippen molar-refractivity contribution >= 4 is 0 Å². The summed E-state index contributed by atoms with van der Waals surface area (Å²) in [5, 5.41) is 12.8. The SMILES string of the molecule is C#CC(CCC)NCc1ccccc1O. The molecule has 0 aromatic heterocycles. The van der Waals surface area contributed by atoms with E-state index in [1.807, 2.05) is 18.2 Å². The Balaban J connectivity index is 2.50. The fourth-order valence-electron chi connectivity index (χ4n) is 1.43. The standard InChI is InChI=1S/C13H17NO/c1-3-7-12(4-2)14-10-11-8-5-6-9-13(11)15/h2,5-6,8-9,12,14-15H,3,7,10H2,1H3. The zero-order valence-corrected chi connectivity index (χ0v) is 9.03. The molecule has 0 heterocycles. The number of phenols is 1. The molecule has 1 unspecified atom stereocenters. The summed E-state index contributed by atoms with van der Waals surface area (Å²) >= 11 is 0. The van der Waals surface area contributed by atoms with Crippen LogP contribution in [-0.2, 0) is 6.54 Å². The second-order valence-electron chi connectivity index (χ2n) is 3.52. The highest BCUT2D eigenvalue weighted by Gasteiger charge is 2.04. The lowest BCUT2D eigenvalue weighted by Crippen LogP contribution is -2.26. The summed E-state index contributed by atoms with van der Waals surface area (Å²) in [5.74, 6) is 3.02. The first-order valence-corrected chi connectivity index (χ1v) is 5.24. The average molecular weight is 203 g/mol. The Morgan fingerprint density at radius 1 is 1.47 bits per heavy atom. The van der Waals surface area contributed by atoms with E-state index in [9.17, 15) is 5.11 Å². The molecule has 1 aromatic rings. The maximum Gasteiger partial charge on any atom is 0.120 e. The molecule has 0 aliphatic rings. The molecule has 15 heavy (non-hydrogen) atoms. The fourth-order valence-corrected chi connectivity index (χ4v) is 1.43. The van der Waals surface area contributed by atoms with Gasteiger partial charge in [0.1, 0.15) is 5.75 Å². The normalized spacial score (nSPS) is 12.0. The number of hydrogen-bond acceptors (Lipinski definition) is 2. The van der Waals surface area contributed by atoms with Crippen LogP contribution in [0.4, 0.5) is 0 Å². The molecule has 0 amide bonds. The van der Waals surface area contributed by atoms with Crippen LogP contribution in [0, 0.1) is 12.3 Å². The maximum atomic E-state index is 9.53. The van der Waals surface area contributed by atoms with E-state index in [-0.39, 0.29) is 6.04 Å². The zero-order valence-electron chi connectivity index (χ0n) is 9.03. The van der Waals surface area contributed by atoms with E-state index in [0.29, 0.717) is 12.3 Å². The molecule has 0 saturated heterocycles. The number of phenolic OH excluding ortho intramolecular Hbond substituents is 1. The Labute approximate surface area is 91.3 Å². The van der Waals surface area contributed by atoms with E-state index in [0.717, 1.165) is 18.4 Å². The number of rotatable bonds is 5. The van der Waals surface area contributed by atoms with Gasteiger partial charge < -0.3 is 5.11 Å². The predicted molar refractivity (Wildman–Crippen MR) is 62.5 cm³/mol. The van der Waals surface area contributed by atoms with Gasteiger partial charge >= 0.3 is 0 Å². The first kappa shape index (κ1) is 11.6. The van der Waals surface area contributed by atoms with Crippen LogP contribution in [0.5, 0.6) is 5.75 Å². The van der Waals surface area contributed by atoms with Crippen molar-refractivity contribution in [1.82, 2.24) is 5.32 Å². The minimum absolute atomic E-state index is 0.0922. The van der Waals surface area contributed by atoms with Crippen LogP contribution >= 0.6 is 0 Å². The maximum absolute atomic E-state index is 9.53. The van der Waals surface area contributed by atoms with E-state index >= 15 is 0 Å². The monoisotopic (exact) mass is 203 g/mol. The van der Waals surface area contributed by atoms with Gasteiger partial charge in [0, 0.05) is 12.1 Å². The second kappa shape index (κ2) is 6.10. The molecule has 1 rings (SSSR count). The number of nitrogens with one attached hydrogen (secondary N) is 1. The van der Waals surface area contributed by atoms with Gasteiger partial charge in [0.15, 0.2) is 0 Å². The van der Waals surface area contributed by atoms with Crippen molar-refractivity contribution in [2.24, 2.45) is 0 Å². The molecule has 0 aliphatic carbocycles. The van der Waals surface area contributed by atoms with Crippen molar-refractivity contribution < 1.29 is 5.11 Å². The average Bonchev–Trinajstić information content (AvgIpc) is 2.26. The highest BCUT2D eigenvalue weighted by atomic mass is 16.3. The Hall–Kier alpha value is -1.46. The van der Waals surface area contributed by atoms with Crippen molar-refractivity contribution in [3.05, 3.63) is 29.8 Å². The highest BCUT2D eigenvalue weighted by Crippen LogP contribution is 2.15. The molecule has 2 N–H and O–H groups in total. The lowest BCUT2D eigenvalue weighted by molar-refractivity contribution is 0.460. The first-order chi connectivity index (χ1) is 7.27. The molecule has 1 atom stereocenters. The quantitative estimate of drug-likeness (QED) is 0.720. The Morgan fingerprint density at radius 2 is 2.20 bits per heavy atom. The molecule has 1 aromatic carbocycles. The largest absolute Gasteiger partial charge is 0.508 e. The van der Waals surface area contributed by atoms with Gasteiger partial charge in [-0.15, -0.1) is 6.42 Å². The van der Waals surface area contributed by atoms with Gasteiger partial charge in [-0.25, -0.2) is 0 Å². The van der Waals surface area contributed by atoms with Crippen LogP contribution in [0.25, 0.3) is 0 Å². The summed E-state index contributed by atoms with van der Waals surface area (Å²) in [4.78, 5) is 0. The van der Waals surface area contributed by atoms with Crippen LogP contribution in [0.1, 0.15) is 25.3 Å².